The van der Waals surface area contributed by atoms with Gasteiger partial charge >= 0.3 is 0 Å². The van der Waals surface area contributed by atoms with Crippen molar-refractivity contribution in [2.75, 3.05) is 25.1 Å². The Labute approximate surface area is 119 Å². The standard InChI is InChI=1S/C15H22N2OS/c1-19-9-5-8-15(18)17-10-13(14(16)11-17)12-6-3-2-4-7-12/h2-4,6-7,13-14H,5,8-11,16H2,1H3/t13-,14+/m0/s1. The van der Waals surface area contributed by atoms with Gasteiger partial charge in [0.25, 0.3) is 0 Å². The van der Waals surface area contributed by atoms with E-state index in [1.54, 1.807) is 11.8 Å². The topological polar surface area (TPSA) is 46.3 Å². The summed E-state index contributed by atoms with van der Waals surface area (Å²) in [6, 6.07) is 10.3. The van der Waals surface area contributed by atoms with Crippen molar-refractivity contribution in [2.24, 2.45) is 5.73 Å². The predicted molar refractivity (Wildman–Crippen MR) is 81.4 cm³/mol. The third-order valence-electron chi connectivity index (χ3n) is 3.68. The van der Waals surface area contributed by atoms with Crippen molar-refractivity contribution in [1.29, 1.82) is 0 Å². The van der Waals surface area contributed by atoms with Gasteiger partial charge in [0.05, 0.1) is 0 Å². The highest BCUT2D eigenvalue weighted by Gasteiger charge is 2.33. The van der Waals surface area contributed by atoms with Gasteiger partial charge in [-0.15, -0.1) is 0 Å². The quantitative estimate of drug-likeness (QED) is 0.839. The van der Waals surface area contributed by atoms with Crippen molar-refractivity contribution in [3.63, 3.8) is 0 Å². The molecule has 1 aliphatic rings. The Morgan fingerprint density at radius 3 is 2.79 bits per heavy atom. The summed E-state index contributed by atoms with van der Waals surface area (Å²) in [7, 11) is 0. The second-order valence-corrected chi connectivity index (χ2v) is 6.06. The van der Waals surface area contributed by atoms with Gasteiger partial charge in [0.1, 0.15) is 0 Å². The Bertz CT molecular complexity index is 410. The molecule has 2 rings (SSSR count). The SMILES string of the molecule is CSCCCC(=O)N1C[C@@H](N)[C@H](c2ccccc2)C1. The van der Waals surface area contributed by atoms with Crippen molar-refractivity contribution in [2.45, 2.75) is 24.8 Å². The van der Waals surface area contributed by atoms with Crippen LogP contribution in [0, 0.1) is 0 Å². The minimum Gasteiger partial charge on any atom is -0.340 e. The molecule has 1 amide bonds. The lowest BCUT2D eigenvalue weighted by atomic mass is 9.95. The molecule has 2 atom stereocenters. The van der Waals surface area contributed by atoms with Crippen molar-refractivity contribution in [3.05, 3.63) is 35.9 Å². The molecule has 1 aromatic carbocycles. The van der Waals surface area contributed by atoms with Crippen LogP contribution in [0.15, 0.2) is 30.3 Å². The first-order valence-corrected chi connectivity index (χ1v) is 8.19. The van der Waals surface area contributed by atoms with Crippen LogP contribution < -0.4 is 5.73 Å². The molecular formula is C15H22N2OS. The number of hydrogen-bond acceptors (Lipinski definition) is 3. The van der Waals surface area contributed by atoms with E-state index < -0.39 is 0 Å². The molecule has 3 nitrogen and oxygen atoms in total. The number of carbonyl (C=O) groups excluding carboxylic acids is 1. The average molecular weight is 278 g/mol. The lowest BCUT2D eigenvalue weighted by molar-refractivity contribution is -0.130. The van der Waals surface area contributed by atoms with Gasteiger partial charge in [0.15, 0.2) is 0 Å². The number of likely N-dealkylation sites (tertiary alicyclic amines) is 1. The van der Waals surface area contributed by atoms with E-state index in [-0.39, 0.29) is 17.9 Å². The second kappa shape index (κ2) is 6.96. The van der Waals surface area contributed by atoms with E-state index in [1.165, 1.54) is 5.56 Å². The number of thioether (sulfide) groups is 1. The lowest BCUT2D eigenvalue weighted by Gasteiger charge is -2.16. The number of hydrogen-bond donors (Lipinski definition) is 1. The fourth-order valence-corrected chi connectivity index (χ4v) is 3.04. The maximum atomic E-state index is 12.1. The molecule has 0 radical (unpaired) electrons. The molecule has 104 valence electrons. The molecule has 19 heavy (non-hydrogen) atoms. The summed E-state index contributed by atoms with van der Waals surface area (Å²) in [6.07, 6.45) is 3.68. The number of nitrogens with zero attached hydrogens (tertiary/aromatic N) is 1. The van der Waals surface area contributed by atoms with Crippen LogP contribution in [0.5, 0.6) is 0 Å². The summed E-state index contributed by atoms with van der Waals surface area (Å²) in [5.74, 6) is 1.59. The zero-order chi connectivity index (χ0) is 13.7. The smallest absolute Gasteiger partial charge is 0.222 e. The lowest BCUT2D eigenvalue weighted by Crippen LogP contribution is -2.32. The summed E-state index contributed by atoms with van der Waals surface area (Å²) in [6.45, 7) is 1.46. The third kappa shape index (κ3) is 3.74. The maximum absolute atomic E-state index is 12.1. The summed E-state index contributed by atoms with van der Waals surface area (Å²) in [4.78, 5) is 14.0. The molecule has 4 heteroatoms. The fraction of sp³-hybridized carbons (Fsp3) is 0.533. The van der Waals surface area contributed by atoms with Gasteiger partial charge in [-0.2, -0.15) is 11.8 Å². The van der Waals surface area contributed by atoms with E-state index in [0.29, 0.717) is 13.0 Å². The van der Waals surface area contributed by atoms with Crippen LogP contribution in [0.3, 0.4) is 0 Å². The number of carbonyl (C=O) groups is 1. The van der Waals surface area contributed by atoms with Crippen LogP contribution in [-0.2, 0) is 4.79 Å². The van der Waals surface area contributed by atoms with Crippen LogP contribution in [-0.4, -0.2) is 41.9 Å². The van der Waals surface area contributed by atoms with Crippen molar-refractivity contribution in [3.8, 4) is 0 Å². The van der Waals surface area contributed by atoms with Gasteiger partial charge in [-0.1, -0.05) is 30.3 Å². The minimum atomic E-state index is 0.0619. The van der Waals surface area contributed by atoms with Gasteiger partial charge in [-0.25, -0.2) is 0 Å². The molecule has 0 unspecified atom stereocenters. The molecule has 1 heterocycles. The van der Waals surface area contributed by atoms with Gasteiger partial charge < -0.3 is 10.6 Å². The third-order valence-corrected chi connectivity index (χ3v) is 4.38. The van der Waals surface area contributed by atoms with E-state index in [1.807, 2.05) is 23.1 Å². The fourth-order valence-electron chi connectivity index (χ4n) is 2.61. The first-order valence-electron chi connectivity index (χ1n) is 6.79. The van der Waals surface area contributed by atoms with E-state index in [4.69, 9.17) is 5.73 Å². The summed E-state index contributed by atoms with van der Waals surface area (Å²) in [5, 5.41) is 0. The molecule has 1 aliphatic heterocycles. The monoisotopic (exact) mass is 278 g/mol. The van der Waals surface area contributed by atoms with Crippen molar-refractivity contribution >= 4 is 17.7 Å². The van der Waals surface area contributed by atoms with Crippen molar-refractivity contribution in [1.82, 2.24) is 4.90 Å². The minimum absolute atomic E-state index is 0.0619. The van der Waals surface area contributed by atoms with Crippen LogP contribution in [0.1, 0.15) is 24.3 Å². The van der Waals surface area contributed by atoms with Gasteiger partial charge in [-0.05, 0) is 24.0 Å². The second-order valence-electron chi connectivity index (χ2n) is 5.08. The summed E-state index contributed by atoms with van der Waals surface area (Å²) >= 11 is 1.79. The molecule has 1 aromatic rings. The highest BCUT2D eigenvalue weighted by molar-refractivity contribution is 7.98. The largest absolute Gasteiger partial charge is 0.340 e. The zero-order valence-electron chi connectivity index (χ0n) is 11.4. The molecule has 0 spiro atoms. The zero-order valence-corrected chi connectivity index (χ0v) is 12.2. The van der Waals surface area contributed by atoms with Crippen LogP contribution in [0.25, 0.3) is 0 Å². The number of rotatable bonds is 5. The van der Waals surface area contributed by atoms with Crippen LogP contribution in [0.2, 0.25) is 0 Å². The van der Waals surface area contributed by atoms with E-state index in [2.05, 4.69) is 18.4 Å². The van der Waals surface area contributed by atoms with E-state index in [0.717, 1.165) is 18.7 Å². The molecule has 2 N–H and O–H groups in total. The average Bonchev–Trinajstić information content (AvgIpc) is 2.82. The van der Waals surface area contributed by atoms with E-state index in [9.17, 15) is 4.79 Å². The molecular weight excluding hydrogens is 256 g/mol. The predicted octanol–water partition coefficient (Wildman–Crippen LogP) is 2.08. The number of amides is 1. The Morgan fingerprint density at radius 2 is 2.11 bits per heavy atom. The molecule has 1 saturated heterocycles. The van der Waals surface area contributed by atoms with Crippen LogP contribution >= 0.6 is 11.8 Å². The summed E-state index contributed by atoms with van der Waals surface area (Å²) < 4.78 is 0. The normalized spacial score (nSPS) is 22.7. The molecule has 0 aliphatic carbocycles. The number of benzene rings is 1. The Kier molecular flexibility index (Phi) is 5.28. The Balaban J connectivity index is 1.92. The Morgan fingerprint density at radius 1 is 1.37 bits per heavy atom. The molecule has 1 fully saturated rings. The van der Waals surface area contributed by atoms with Crippen LogP contribution in [0.4, 0.5) is 0 Å². The van der Waals surface area contributed by atoms with Gasteiger partial charge in [0, 0.05) is 31.5 Å². The first-order chi connectivity index (χ1) is 9.22. The van der Waals surface area contributed by atoms with Gasteiger partial charge in [0.2, 0.25) is 5.91 Å². The van der Waals surface area contributed by atoms with E-state index >= 15 is 0 Å². The first kappa shape index (κ1) is 14.4. The maximum Gasteiger partial charge on any atom is 0.222 e. The number of nitrogens with two attached hydrogens (primary N) is 1. The highest BCUT2D eigenvalue weighted by Crippen LogP contribution is 2.26. The molecule has 0 bridgehead atoms. The molecule has 0 aromatic heterocycles. The summed E-state index contributed by atoms with van der Waals surface area (Å²) in [5.41, 5.74) is 7.44. The van der Waals surface area contributed by atoms with Crippen molar-refractivity contribution < 1.29 is 4.79 Å². The highest BCUT2D eigenvalue weighted by atomic mass is 32.2. The van der Waals surface area contributed by atoms with Gasteiger partial charge in [-0.3, -0.25) is 4.79 Å². The molecule has 0 saturated carbocycles. The Hall–Kier alpha value is -1.00.